The Bertz CT molecular complexity index is 820. The van der Waals surface area contributed by atoms with E-state index in [0.29, 0.717) is 11.9 Å². The van der Waals surface area contributed by atoms with Gasteiger partial charge in [0.25, 0.3) is 0 Å². The molecule has 0 spiro atoms. The molecule has 1 amide bonds. The van der Waals surface area contributed by atoms with Crippen molar-refractivity contribution in [3.63, 3.8) is 0 Å². The van der Waals surface area contributed by atoms with Gasteiger partial charge in [-0.15, -0.1) is 0 Å². The monoisotopic (exact) mass is 390 g/mol. The van der Waals surface area contributed by atoms with Gasteiger partial charge in [-0.3, -0.25) is 4.79 Å². The molecule has 3 nitrogen and oxygen atoms in total. The van der Waals surface area contributed by atoms with E-state index < -0.39 is 0 Å². The molecule has 0 bridgehead atoms. The maximum absolute atomic E-state index is 13.3. The van der Waals surface area contributed by atoms with Crippen molar-refractivity contribution in [2.45, 2.75) is 58.4 Å². The summed E-state index contributed by atoms with van der Waals surface area (Å²) in [5.41, 5.74) is 5.16. The van der Waals surface area contributed by atoms with Gasteiger partial charge in [-0.1, -0.05) is 55.5 Å². The van der Waals surface area contributed by atoms with Crippen molar-refractivity contribution in [1.82, 2.24) is 4.90 Å². The fourth-order valence-electron chi connectivity index (χ4n) is 4.68. The summed E-state index contributed by atoms with van der Waals surface area (Å²) >= 11 is 0. The second kappa shape index (κ2) is 9.13. The number of amides is 1. The molecular formula is C26H34N2O. The quantitative estimate of drug-likeness (QED) is 0.664. The molecule has 4 rings (SSSR count). The number of rotatable bonds is 7. The molecule has 0 aromatic heterocycles. The fourth-order valence-corrected chi connectivity index (χ4v) is 4.68. The van der Waals surface area contributed by atoms with Gasteiger partial charge >= 0.3 is 0 Å². The molecule has 1 aliphatic carbocycles. The van der Waals surface area contributed by atoms with E-state index in [-0.39, 0.29) is 5.92 Å². The molecule has 154 valence electrons. The zero-order valence-corrected chi connectivity index (χ0v) is 17.9. The molecule has 2 aromatic rings. The summed E-state index contributed by atoms with van der Waals surface area (Å²) in [6.07, 6.45) is 6.36. The van der Waals surface area contributed by atoms with Crippen LogP contribution in [0.25, 0.3) is 0 Å². The van der Waals surface area contributed by atoms with Crippen LogP contribution in [0.3, 0.4) is 0 Å². The van der Waals surface area contributed by atoms with E-state index in [9.17, 15) is 4.79 Å². The average molecular weight is 391 g/mol. The van der Waals surface area contributed by atoms with E-state index in [1.807, 2.05) is 0 Å². The molecule has 3 heteroatoms. The zero-order chi connectivity index (χ0) is 20.2. The van der Waals surface area contributed by atoms with E-state index in [4.69, 9.17) is 0 Å². The zero-order valence-electron chi connectivity index (χ0n) is 17.9. The summed E-state index contributed by atoms with van der Waals surface area (Å²) in [5.74, 6) is 0.632. The van der Waals surface area contributed by atoms with Crippen molar-refractivity contribution in [2.24, 2.45) is 5.92 Å². The van der Waals surface area contributed by atoms with Gasteiger partial charge < -0.3 is 9.80 Å². The highest BCUT2D eigenvalue weighted by Crippen LogP contribution is 2.38. The molecule has 1 saturated carbocycles. The van der Waals surface area contributed by atoms with Gasteiger partial charge in [-0.25, -0.2) is 0 Å². The number of para-hydroxylation sites is 1. The minimum absolute atomic E-state index is 0.260. The number of nitrogens with zero attached hydrogens (tertiary/aromatic N) is 2. The third kappa shape index (κ3) is 4.72. The number of aryl methyl sites for hydroxylation is 2. The normalized spacial score (nSPS) is 18.0. The lowest BCUT2D eigenvalue weighted by atomic mass is 9.97. The molecule has 2 aromatic carbocycles. The van der Waals surface area contributed by atoms with Crippen LogP contribution in [-0.4, -0.2) is 36.5 Å². The summed E-state index contributed by atoms with van der Waals surface area (Å²) in [6.45, 7) is 7.64. The predicted molar refractivity (Wildman–Crippen MR) is 120 cm³/mol. The number of piperidine rings is 1. The van der Waals surface area contributed by atoms with Crippen molar-refractivity contribution >= 4 is 11.6 Å². The van der Waals surface area contributed by atoms with E-state index >= 15 is 0 Å². The predicted octanol–water partition coefficient (Wildman–Crippen LogP) is 5.01. The lowest BCUT2D eigenvalue weighted by molar-refractivity contribution is -0.120. The van der Waals surface area contributed by atoms with Crippen molar-refractivity contribution in [3.8, 4) is 0 Å². The van der Waals surface area contributed by atoms with Gasteiger partial charge in [-0.2, -0.15) is 0 Å². The number of likely N-dealkylation sites (tertiary alicyclic amines) is 1. The Labute approximate surface area is 175 Å². The number of hydrogen-bond donors (Lipinski definition) is 0. The summed E-state index contributed by atoms with van der Waals surface area (Å²) < 4.78 is 0. The first-order valence-electron chi connectivity index (χ1n) is 11.3. The largest absolute Gasteiger partial charge is 0.308 e. The molecule has 0 N–H and O–H groups in total. The van der Waals surface area contributed by atoms with Crippen molar-refractivity contribution in [1.29, 1.82) is 0 Å². The van der Waals surface area contributed by atoms with Crippen LogP contribution in [0.1, 0.15) is 49.3 Å². The Morgan fingerprint density at radius 3 is 2.38 bits per heavy atom. The first-order chi connectivity index (χ1) is 14.2. The third-order valence-corrected chi connectivity index (χ3v) is 6.59. The van der Waals surface area contributed by atoms with Crippen molar-refractivity contribution < 1.29 is 4.79 Å². The summed E-state index contributed by atoms with van der Waals surface area (Å²) in [4.78, 5) is 18.1. The molecule has 0 radical (unpaired) electrons. The Morgan fingerprint density at radius 1 is 1.00 bits per heavy atom. The van der Waals surface area contributed by atoms with Gasteiger partial charge in [-0.05, 0) is 62.1 Å². The highest BCUT2D eigenvalue weighted by atomic mass is 16.2. The highest BCUT2D eigenvalue weighted by molar-refractivity contribution is 5.98. The maximum atomic E-state index is 13.3. The minimum atomic E-state index is 0.260. The first kappa shape index (κ1) is 20.2. The summed E-state index contributed by atoms with van der Waals surface area (Å²) in [6, 6.07) is 17.6. The van der Waals surface area contributed by atoms with E-state index in [1.165, 1.54) is 22.4 Å². The molecule has 1 heterocycles. The Balaban J connectivity index is 1.45. The average Bonchev–Trinajstić information content (AvgIpc) is 3.60. The van der Waals surface area contributed by atoms with Crippen molar-refractivity contribution in [3.05, 3.63) is 65.2 Å². The van der Waals surface area contributed by atoms with E-state index in [1.54, 1.807) is 0 Å². The third-order valence-electron chi connectivity index (χ3n) is 6.59. The van der Waals surface area contributed by atoms with Crippen molar-refractivity contribution in [2.75, 3.05) is 24.5 Å². The van der Waals surface area contributed by atoms with Gasteiger partial charge in [0.15, 0.2) is 0 Å². The fraction of sp³-hybridized carbons (Fsp3) is 0.500. The minimum Gasteiger partial charge on any atom is -0.308 e. The van der Waals surface area contributed by atoms with E-state index in [2.05, 4.69) is 72.2 Å². The molecule has 2 fully saturated rings. The Hall–Kier alpha value is -2.13. The van der Waals surface area contributed by atoms with Gasteiger partial charge in [0, 0.05) is 31.6 Å². The van der Waals surface area contributed by atoms with Crippen LogP contribution in [0.2, 0.25) is 0 Å². The molecule has 2 aliphatic rings. The standard InChI is InChI=1S/C26H34N2O/c1-3-22-11-7-8-20(2)25(22)28(26(29)23-12-13-23)24-15-18-27(19-16-24)17-14-21-9-5-4-6-10-21/h4-11,23-24H,3,12-19H2,1-2H3. The van der Waals surface area contributed by atoms with Crippen LogP contribution in [0.15, 0.2) is 48.5 Å². The van der Waals surface area contributed by atoms with Crippen LogP contribution in [-0.2, 0) is 17.6 Å². The lowest BCUT2D eigenvalue weighted by Crippen LogP contribution is -2.49. The maximum Gasteiger partial charge on any atom is 0.230 e. The summed E-state index contributed by atoms with van der Waals surface area (Å²) in [5, 5.41) is 0. The number of hydrogen-bond acceptors (Lipinski definition) is 2. The van der Waals surface area contributed by atoms with Crippen LogP contribution < -0.4 is 4.90 Å². The van der Waals surface area contributed by atoms with Gasteiger partial charge in [0.2, 0.25) is 5.91 Å². The first-order valence-corrected chi connectivity index (χ1v) is 11.3. The number of benzene rings is 2. The van der Waals surface area contributed by atoms with Crippen LogP contribution >= 0.6 is 0 Å². The summed E-state index contributed by atoms with van der Waals surface area (Å²) in [7, 11) is 0. The second-order valence-corrected chi connectivity index (χ2v) is 8.73. The lowest BCUT2D eigenvalue weighted by Gasteiger charge is -2.40. The molecule has 0 atom stereocenters. The molecular weight excluding hydrogens is 356 g/mol. The van der Waals surface area contributed by atoms with Crippen LogP contribution in [0, 0.1) is 12.8 Å². The van der Waals surface area contributed by atoms with Crippen LogP contribution in [0.4, 0.5) is 5.69 Å². The topological polar surface area (TPSA) is 23.6 Å². The molecule has 29 heavy (non-hydrogen) atoms. The smallest absolute Gasteiger partial charge is 0.230 e. The van der Waals surface area contributed by atoms with Gasteiger partial charge in [0.05, 0.1) is 5.69 Å². The Kier molecular flexibility index (Phi) is 6.34. The number of carbonyl (C=O) groups is 1. The molecule has 1 aliphatic heterocycles. The van der Waals surface area contributed by atoms with E-state index in [0.717, 1.165) is 58.2 Å². The number of anilines is 1. The highest BCUT2D eigenvalue weighted by Gasteiger charge is 2.39. The second-order valence-electron chi connectivity index (χ2n) is 8.73. The number of carbonyl (C=O) groups excluding carboxylic acids is 1. The molecule has 0 unspecified atom stereocenters. The SMILES string of the molecule is CCc1cccc(C)c1N(C(=O)C1CC1)C1CCN(CCc2ccccc2)CC1. The van der Waals surface area contributed by atoms with Crippen LogP contribution in [0.5, 0.6) is 0 Å². The molecule has 1 saturated heterocycles. The van der Waals surface area contributed by atoms with Gasteiger partial charge in [0.1, 0.15) is 0 Å². The Morgan fingerprint density at radius 2 is 1.72 bits per heavy atom.